The van der Waals surface area contributed by atoms with E-state index in [-0.39, 0.29) is 0 Å². The number of fused-ring (bicyclic) bond motifs is 1. The van der Waals surface area contributed by atoms with Gasteiger partial charge in [-0.1, -0.05) is 18.2 Å². The fourth-order valence-electron chi connectivity index (χ4n) is 2.18. The lowest BCUT2D eigenvalue weighted by Crippen LogP contribution is -2.29. The molecule has 102 valence electrons. The van der Waals surface area contributed by atoms with Crippen LogP contribution in [0, 0.1) is 0 Å². The van der Waals surface area contributed by atoms with E-state index in [1.165, 1.54) is 22.8 Å². The number of hydrogen-bond acceptors (Lipinski definition) is 3. The highest BCUT2D eigenvalue weighted by molar-refractivity contribution is 5.84. The molecule has 3 nitrogen and oxygen atoms in total. The maximum Gasteiger partial charge on any atom is 0.0346 e. The molecule has 0 saturated heterocycles. The minimum absolute atomic E-state index is 0.527. The average molecular weight is 257 g/mol. The fraction of sp³-hybridized carbons (Fsp3) is 0.438. The van der Waals surface area contributed by atoms with Crippen LogP contribution in [0.3, 0.4) is 0 Å². The van der Waals surface area contributed by atoms with Crippen molar-refractivity contribution < 1.29 is 0 Å². The van der Waals surface area contributed by atoms with Gasteiger partial charge < -0.3 is 10.2 Å². The predicted octanol–water partition coefficient (Wildman–Crippen LogP) is 2.66. The number of nitrogens with zero attached hydrogens (tertiary/aromatic N) is 2. The summed E-state index contributed by atoms with van der Waals surface area (Å²) in [5, 5.41) is 6.11. The lowest BCUT2D eigenvalue weighted by molar-refractivity contribution is 0.366. The summed E-state index contributed by atoms with van der Waals surface area (Å²) >= 11 is 0. The summed E-state index contributed by atoms with van der Waals surface area (Å²) in [6.07, 6.45) is 4.95. The summed E-state index contributed by atoms with van der Waals surface area (Å²) in [5.41, 5.74) is 1.34. The molecule has 1 heterocycles. The van der Waals surface area contributed by atoms with Gasteiger partial charge in [-0.2, -0.15) is 0 Å². The normalized spacial score (nSPS) is 13.1. The van der Waals surface area contributed by atoms with Gasteiger partial charge in [0.15, 0.2) is 0 Å². The first-order valence-electron chi connectivity index (χ1n) is 6.86. The second-order valence-electron chi connectivity index (χ2n) is 5.39. The van der Waals surface area contributed by atoms with Crippen LogP contribution in [0.4, 0.5) is 0 Å². The molecule has 0 spiro atoms. The molecule has 3 heteroatoms. The molecule has 0 bridgehead atoms. The third kappa shape index (κ3) is 4.01. The highest BCUT2D eigenvalue weighted by atomic mass is 15.1. The van der Waals surface area contributed by atoms with E-state index >= 15 is 0 Å². The van der Waals surface area contributed by atoms with Gasteiger partial charge in [-0.15, -0.1) is 0 Å². The molecule has 0 saturated carbocycles. The molecule has 0 aliphatic heterocycles. The third-order valence-corrected chi connectivity index (χ3v) is 3.42. The first kappa shape index (κ1) is 14.0. The quantitative estimate of drug-likeness (QED) is 0.862. The van der Waals surface area contributed by atoms with Crippen LogP contribution in [0.15, 0.2) is 36.7 Å². The SMILES string of the molecule is CC(CCN(C)C)NCc1cccc2cnccc12. The second-order valence-corrected chi connectivity index (χ2v) is 5.39. The van der Waals surface area contributed by atoms with Crippen LogP contribution in [0.25, 0.3) is 10.8 Å². The maximum absolute atomic E-state index is 4.17. The monoisotopic (exact) mass is 257 g/mol. The molecule has 0 aliphatic carbocycles. The van der Waals surface area contributed by atoms with Gasteiger partial charge in [-0.05, 0) is 51.0 Å². The van der Waals surface area contributed by atoms with Crippen LogP contribution >= 0.6 is 0 Å². The second kappa shape index (κ2) is 6.64. The van der Waals surface area contributed by atoms with E-state index in [0.717, 1.165) is 13.1 Å². The van der Waals surface area contributed by atoms with Crippen LogP contribution in [0.5, 0.6) is 0 Å². The Balaban J connectivity index is 1.98. The van der Waals surface area contributed by atoms with E-state index in [1.807, 2.05) is 12.4 Å². The van der Waals surface area contributed by atoms with Crippen molar-refractivity contribution in [2.24, 2.45) is 0 Å². The summed E-state index contributed by atoms with van der Waals surface area (Å²) < 4.78 is 0. The Kier molecular flexibility index (Phi) is 4.88. The molecule has 1 atom stereocenters. The molecule has 1 aromatic carbocycles. The average Bonchev–Trinajstić information content (AvgIpc) is 2.42. The van der Waals surface area contributed by atoms with E-state index in [4.69, 9.17) is 0 Å². The zero-order chi connectivity index (χ0) is 13.7. The highest BCUT2D eigenvalue weighted by Crippen LogP contribution is 2.17. The molecule has 1 N–H and O–H groups in total. The summed E-state index contributed by atoms with van der Waals surface area (Å²) in [6, 6.07) is 9.02. The van der Waals surface area contributed by atoms with Gasteiger partial charge in [0, 0.05) is 30.4 Å². The Morgan fingerprint density at radius 3 is 2.89 bits per heavy atom. The number of rotatable bonds is 6. The van der Waals surface area contributed by atoms with Crippen LogP contribution in [0.1, 0.15) is 18.9 Å². The Bertz CT molecular complexity index is 517. The molecule has 0 fully saturated rings. The summed E-state index contributed by atoms with van der Waals surface area (Å²) in [6.45, 7) is 4.28. The van der Waals surface area contributed by atoms with E-state index < -0.39 is 0 Å². The van der Waals surface area contributed by atoms with Crippen LogP contribution in [-0.2, 0) is 6.54 Å². The Morgan fingerprint density at radius 2 is 2.11 bits per heavy atom. The van der Waals surface area contributed by atoms with Crippen molar-refractivity contribution in [3.8, 4) is 0 Å². The number of nitrogens with one attached hydrogen (secondary N) is 1. The first-order chi connectivity index (χ1) is 9.16. The molecule has 1 aromatic heterocycles. The molecule has 19 heavy (non-hydrogen) atoms. The van der Waals surface area contributed by atoms with Gasteiger partial charge in [0.1, 0.15) is 0 Å². The number of pyridine rings is 1. The molecular formula is C16H23N3. The molecule has 0 radical (unpaired) electrons. The molecular weight excluding hydrogens is 234 g/mol. The van der Waals surface area contributed by atoms with Gasteiger partial charge >= 0.3 is 0 Å². The largest absolute Gasteiger partial charge is 0.310 e. The molecule has 0 amide bonds. The minimum Gasteiger partial charge on any atom is -0.310 e. The Labute approximate surface area is 115 Å². The summed E-state index contributed by atoms with van der Waals surface area (Å²) in [5.74, 6) is 0. The van der Waals surface area contributed by atoms with Crippen molar-refractivity contribution in [3.05, 3.63) is 42.2 Å². The van der Waals surface area contributed by atoms with Crippen molar-refractivity contribution in [3.63, 3.8) is 0 Å². The maximum atomic E-state index is 4.17. The first-order valence-corrected chi connectivity index (χ1v) is 6.86. The van der Waals surface area contributed by atoms with Crippen molar-refractivity contribution in [1.29, 1.82) is 0 Å². The van der Waals surface area contributed by atoms with Crippen molar-refractivity contribution in [1.82, 2.24) is 15.2 Å². The lowest BCUT2D eigenvalue weighted by atomic mass is 10.1. The Hall–Kier alpha value is -1.45. The fourth-order valence-corrected chi connectivity index (χ4v) is 2.18. The Morgan fingerprint density at radius 1 is 1.26 bits per heavy atom. The van der Waals surface area contributed by atoms with E-state index in [2.05, 4.69) is 60.5 Å². The predicted molar refractivity (Wildman–Crippen MR) is 81.2 cm³/mol. The highest BCUT2D eigenvalue weighted by Gasteiger charge is 2.04. The number of aromatic nitrogens is 1. The van der Waals surface area contributed by atoms with Gasteiger partial charge in [0.2, 0.25) is 0 Å². The topological polar surface area (TPSA) is 28.2 Å². The lowest BCUT2D eigenvalue weighted by Gasteiger charge is -2.17. The zero-order valence-electron chi connectivity index (χ0n) is 12.1. The minimum atomic E-state index is 0.527. The van der Waals surface area contributed by atoms with Crippen molar-refractivity contribution in [2.45, 2.75) is 25.9 Å². The molecule has 0 aliphatic rings. The van der Waals surface area contributed by atoms with Crippen LogP contribution in [0.2, 0.25) is 0 Å². The van der Waals surface area contributed by atoms with E-state index in [9.17, 15) is 0 Å². The van der Waals surface area contributed by atoms with Gasteiger partial charge in [0.05, 0.1) is 0 Å². The molecule has 2 rings (SSSR count). The van der Waals surface area contributed by atoms with E-state index in [1.54, 1.807) is 0 Å². The van der Waals surface area contributed by atoms with Gasteiger partial charge in [0.25, 0.3) is 0 Å². The van der Waals surface area contributed by atoms with Crippen LogP contribution in [-0.4, -0.2) is 36.6 Å². The summed E-state index contributed by atoms with van der Waals surface area (Å²) in [4.78, 5) is 6.40. The van der Waals surface area contributed by atoms with Gasteiger partial charge in [-0.3, -0.25) is 4.98 Å². The summed E-state index contributed by atoms with van der Waals surface area (Å²) in [7, 11) is 4.23. The number of benzene rings is 1. The standard InChI is InChI=1S/C16H23N3/c1-13(8-10-19(2)3)18-12-15-6-4-5-14-11-17-9-7-16(14)15/h4-7,9,11,13,18H,8,10,12H2,1-3H3. The molecule has 2 aromatic rings. The van der Waals surface area contributed by atoms with Crippen molar-refractivity contribution >= 4 is 10.8 Å². The third-order valence-electron chi connectivity index (χ3n) is 3.42. The molecule has 1 unspecified atom stereocenters. The zero-order valence-corrected chi connectivity index (χ0v) is 12.1. The van der Waals surface area contributed by atoms with Crippen LogP contribution < -0.4 is 5.32 Å². The number of hydrogen-bond donors (Lipinski definition) is 1. The van der Waals surface area contributed by atoms with E-state index in [0.29, 0.717) is 6.04 Å². The smallest absolute Gasteiger partial charge is 0.0346 e. The van der Waals surface area contributed by atoms with Gasteiger partial charge in [-0.25, -0.2) is 0 Å². The van der Waals surface area contributed by atoms with Crippen molar-refractivity contribution in [2.75, 3.05) is 20.6 Å².